The predicted octanol–water partition coefficient (Wildman–Crippen LogP) is 4.94. The molecule has 0 saturated carbocycles. The summed E-state index contributed by atoms with van der Waals surface area (Å²) < 4.78 is 7.44. The minimum Gasteiger partial charge on any atom is -0.340 e. The van der Waals surface area contributed by atoms with Gasteiger partial charge in [0.15, 0.2) is 0 Å². The first kappa shape index (κ1) is 23.0. The van der Waals surface area contributed by atoms with Crippen LogP contribution in [0, 0.1) is 0 Å². The Morgan fingerprint density at radius 2 is 1.90 bits per heavy atom. The number of hydrogen-bond donors (Lipinski definition) is 1. The van der Waals surface area contributed by atoms with Gasteiger partial charge >= 0.3 is 0 Å². The minimum atomic E-state index is 0.120. The van der Waals surface area contributed by atoms with Crippen molar-refractivity contribution in [2.45, 2.75) is 25.9 Å². The van der Waals surface area contributed by atoms with Crippen molar-refractivity contribution in [1.82, 2.24) is 34.8 Å². The van der Waals surface area contributed by atoms with Gasteiger partial charge in [0.05, 0.1) is 30.3 Å². The maximum Gasteiger partial charge on any atom is 0.246 e. The molecule has 0 aliphatic carbocycles. The summed E-state index contributed by atoms with van der Waals surface area (Å²) in [5.41, 5.74) is 4.72. The Morgan fingerprint density at radius 1 is 0.974 bits per heavy atom. The van der Waals surface area contributed by atoms with Crippen molar-refractivity contribution in [3.05, 3.63) is 90.7 Å². The van der Waals surface area contributed by atoms with E-state index in [0.717, 1.165) is 46.0 Å². The van der Waals surface area contributed by atoms with Gasteiger partial charge in [0.2, 0.25) is 17.6 Å². The highest BCUT2D eigenvalue weighted by atomic mass is 16.5. The number of amides is 1. The molecular weight excluding hydrogens is 492 g/mol. The second kappa shape index (κ2) is 9.64. The SMILES string of the molecule is O=C1CCCN1Cc1nc(-c2ccc3ncnc(Nc4ccc5c(cnn5Cc5ccccc5)c4)c3c2)no1. The Bertz CT molecular complexity index is 1810. The fourth-order valence-electron chi connectivity index (χ4n) is 4.95. The van der Waals surface area contributed by atoms with E-state index in [0.29, 0.717) is 37.0 Å². The Labute approximate surface area is 223 Å². The summed E-state index contributed by atoms with van der Waals surface area (Å²) in [5, 5.41) is 14.0. The lowest BCUT2D eigenvalue weighted by Gasteiger charge is -2.11. The average molecular weight is 517 g/mol. The van der Waals surface area contributed by atoms with Gasteiger partial charge in [-0.25, -0.2) is 9.97 Å². The zero-order chi connectivity index (χ0) is 26.2. The molecule has 7 rings (SSSR count). The first-order valence-corrected chi connectivity index (χ1v) is 12.8. The van der Waals surface area contributed by atoms with Crippen LogP contribution in [0.1, 0.15) is 24.3 Å². The smallest absolute Gasteiger partial charge is 0.246 e. The molecule has 0 spiro atoms. The standard InChI is InChI=1S/C29H24N8O2/c38-27-7-4-12-36(27)17-26-34-28(35-39-26)20-8-10-24-23(14-20)29(31-18-30-24)33-22-9-11-25-21(13-22)15-32-37(25)16-19-5-2-1-3-6-19/h1-3,5-6,8-11,13-15,18H,4,7,12,16-17H2,(H,30,31,33). The lowest BCUT2D eigenvalue weighted by molar-refractivity contribution is -0.128. The summed E-state index contributed by atoms with van der Waals surface area (Å²) in [6.07, 6.45) is 4.86. The number of aromatic nitrogens is 6. The third-order valence-electron chi connectivity index (χ3n) is 6.94. The van der Waals surface area contributed by atoms with Crippen LogP contribution in [0.5, 0.6) is 0 Å². The highest BCUT2D eigenvalue weighted by Crippen LogP contribution is 2.29. The van der Waals surface area contributed by atoms with Crippen LogP contribution in [0.4, 0.5) is 11.5 Å². The number of rotatable bonds is 7. The first-order valence-electron chi connectivity index (χ1n) is 12.8. The minimum absolute atomic E-state index is 0.120. The largest absolute Gasteiger partial charge is 0.340 e. The molecule has 10 heteroatoms. The summed E-state index contributed by atoms with van der Waals surface area (Å²) in [7, 11) is 0. The van der Waals surface area contributed by atoms with Gasteiger partial charge in [-0.1, -0.05) is 35.5 Å². The normalized spacial score (nSPS) is 13.5. The van der Waals surface area contributed by atoms with E-state index in [-0.39, 0.29) is 5.91 Å². The van der Waals surface area contributed by atoms with Crippen molar-refractivity contribution in [2.75, 3.05) is 11.9 Å². The number of likely N-dealkylation sites (tertiary alicyclic amines) is 1. The van der Waals surface area contributed by atoms with Gasteiger partial charge in [0.1, 0.15) is 12.1 Å². The molecule has 1 saturated heterocycles. The van der Waals surface area contributed by atoms with Crippen molar-refractivity contribution in [3.8, 4) is 11.4 Å². The molecule has 1 amide bonds. The molecule has 0 atom stereocenters. The van der Waals surface area contributed by atoms with E-state index in [9.17, 15) is 4.79 Å². The number of hydrogen-bond acceptors (Lipinski definition) is 8. The topological polar surface area (TPSA) is 115 Å². The van der Waals surface area contributed by atoms with Gasteiger partial charge in [-0.05, 0) is 48.4 Å². The van der Waals surface area contributed by atoms with Crippen LogP contribution in [0.2, 0.25) is 0 Å². The molecule has 3 aromatic carbocycles. The second-order valence-corrected chi connectivity index (χ2v) is 9.57. The third kappa shape index (κ3) is 4.56. The molecule has 39 heavy (non-hydrogen) atoms. The maximum atomic E-state index is 11.9. The van der Waals surface area contributed by atoms with E-state index >= 15 is 0 Å². The Balaban J connectivity index is 1.15. The molecule has 0 bridgehead atoms. The van der Waals surface area contributed by atoms with Crippen molar-refractivity contribution in [3.63, 3.8) is 0 Å². The molecule has 6 aromatic rings. The monoisotopic (exact) mass is 516 g/mol. The number of nitrogens with zero attached hydrogens (tertiary/aromatic N) is 7. The lowest BCUT2D eigenvalue weighted by atomic mass is 10.1. The highest BCUT2D eigenvalue weighted by Gasteiger charge is 2.23. The summed E-state index contributed by atoms with van der Waals surface area (Å²) in [6.45, 7) is 1.76. The first-order chi connectivity index (χ1) is 19.2. The van der Waals surface area contributed by atoms with Crippen LogP contribution in [-0.2, 0) is 17.9 Å². The molecule has 1 fully saturated rings. The Hall–Kier alpha value is -5.12. The zero-order valence-electron chi connectivity index (χ0n) is 21.0. The highest BCUT2D eigenvalue weighted by molar-refractivity contribution is 5.94. The Kier molecular flexibility index (Phi) is 5.69. The van der Waals surface area contributed by atoms with Crippen LogP contribution in [0.3, 0.4) is 0 Å². The van der Waals surface area contributed by atoms with Crippen molar-refractivity contribution in [2.24, 2.45) is 0 Å². The molecule has 4 heterocycles. The third-order valence-corrected chi connectivity index (χ3v) is 6.94. The van der Waals surface area contributed by atoms with Crippen LogP contribution < -0.4 is 5.32 Å². The summed E-state index contributed by atoms with van der Waals surface area (Å²) in [6, 6.07) is 22.2. The molecule has 0 unspecified atom stereocenters. The summed E-state index contributed by atoms with van der Waals surface area (Å²) in [5.74, 6) is 1.67. The average Bonchev–Trinajstić information content (AvgIpc) is 3.70. The fraction of sp³-hybridized carbons (Fsp3) is 0.172. The van der Waals surface area contributed by atoms with Gasteiger partial charge < -0.3 is 14.7 Å². The van der Waals surface area contributed by atoms with Crippen molar-refractivity contribution < 1.29 is 9.32 Å². The van der Waals surface area contributed by atoms with Gasteiger partial charge in [-0.15, -0.1) is 0 Å². The van der Waals surface area contributed by atoms with E-state index in [1.54, 1.807) is 11.2 Å². The van der Waals surface area contributed by atoms with E-state index in [4.69, 9.17) is 4.52 Å². The molecule has 1 aliphatic heterocycles. The number of anilines is 2. The number of nitrogens with one attached hydrogen (secondary N) is 1. The molecule has 1 N–H and O–H groups in total. The van der Waals surface area contributed by atoms with Crippen LogP contribution in [0.15, 0.2) is 83.8 Å². The lowest BCUT2D eigenvalue weighted by Crippen LogP contribution is -2.23. The van der Waals surface area contributed by atoms with Gasteiger partial charge in [0.25, 0.3) is 0 Å². The van der Waals surface area contributed by atoms with E-state index in [1.165, 1.54) is 5.56 Å². The van der Waals surface area contributed by atoms with Gasteiger partial charge in [-0.2, -0.15) is 10.1 Å². The number of carbonyl (C=O) groups excluding carboxylic acids is 1. The molecule has 3 aromatic heterocycles. The molecule has 10 nitrogen and oxygen atoms in total. The maximum absolute atomic E-state index is 11.9. The predicted molar refractivity (Wildman–Crippen MR) is 146 cm³/mol. The van der Waals surface area contributed by atoms with Crippen LogP contribution in [0.25, 0.3) is 33.2 Å². The van der Waals surface area contributed by atoms with E-state index < -0.39 is 0 Å². The Morgan fingerprint density at radius 3 is 2.77 bits per heavy atom. The van der Waals surface area contributed by atoms with Gasteiger partial charge in [-0.3, -0.25) is 9.48 Å². The summed E-state index contributed by atoms with van der Waals surface area (Å²) in [4.78, 5) is 27.1. The molecular formula is C29H24N8O2. The number of carbonyl (C=O) groups is 1. The van der Waals surface area contributed by atoms with Crippen molar-refractivity contribution in [1.29, 1.82) is 0 Å². The molecule has 0 radical (unpaired) electrons. The quantitative estimate of drug-likeness (QED) is 0.317. The molecule has 192 valence electrons. The summed E-state index contributed by atoms with van der Waals surface area (Å²) >= 11 is 0. The molecule has 1 aliphatic rings. The zero-order valence-corrected chi connectivity index (χ0v) is 21.0. The van der Waals surface area contributed by atoms with Crippen LogP contribution in [-0.4, -0.2) is 47.2 Å². The second-order valence-electron chi connectivity index (χ2n) is 9.57. The number of fused-ring (bicyclic) bond motifs is 2. The van der Waals surface area contributed by atoms with Crippen LogP contribution >= 0.6 is 0 Å². The van der Waals surface area contributed by atoms with E-state index in [1.807, 2.05) is 53.3 Å². The van der Waals surface area contributed by atoms with E-state index in [2.05, 4.69) is 54.8 Å². The number of benzene rings is 3. The van der Waals surface area contributed by atoms with Crippen molar-refractivity contribution >= 4 is 39.2 Å². The van der Waals surface area contributed by atoms with Gasteiger partial charge in [0, 0.05) is 35.0 Å². The fourth-order valence-corrected chi connectivity index (χ4v) is 4.95.